The van der Waals surface area contributed by atoms with Crippen molar-refractivity contribution in [2.24, 2.45) is 0 Å². The molecule has 1 saturated carbocycles. The van der Waals surface area contributed by atoms with Gasteiger partial charge in [0.25, 0.3) is 0 Å². The van der Waals surface area contributed by atoms with Crippen LogP contribution < -0.4 is 0 Å². The summed E-state index contributed by atoms with van der Waals surface area (Å²) in [6.45, 7) is 1.66. The topological polar surface area (TPSA) is 20.2 Å². The smallest absolute Gasteiger partial charge is 0.127 e. The van der Waals surface area contributed by atoms with Crippen molar-refractivity contribution in [2.75, 3.05) is 0 Å². The average molecular weight is 222 g/mol. The summed E-state index contributed by atoms with van der Waals surface area (Å²) < 4.78 is 13.9. The Balaban J connectivity index is 2.21. The molecule has 0 aliphatic heterocycles. The Bertz CT molecular complexity index is 354. The van der Waals surface area contributed by atoms with Crippen molar-refractivity contribution in [1.29, 1.82) is 0 Å². The van der Waals surface area contributed by atoms with E-state index in [0.29, 0.717) is 11.5 Å². The normalized spacial score (nSPS) is 19.7. The molecule has 0 bridgehead atoms. The number of aliphatic hydroxyl groups is 1. The highest BCUT2D eigenvalue weighted by atomic mass is 19.1. The predicted molar refractivity (Wildman–Crippen MR) is 62.9 cm³/mol. The van der Waals surface area contributed by atoms with Gasteiger partial charge in [0, 0.05) is 0 Å². The quantitative estimate of drug-likeness (QED) is 0.804. The van der Waals surface area contributed by atoms with E-state index in [1.807, 2.05) is 12.1 Å². The van der Waals surface area contributed by atoms with Crippen LogP contribution in [0.5, 0.6) is 0 Å². The molecule has 0 aromatic heterocycles. The first-order valence-corrected chi connectivity index (χ1v) is 6.16. The summed E-state index contributed by atoms with van der Waals surface area (Å²) in [6.07, 6.45) is 5.32. The van der Waals surface area contributed by atoms with Gasteiger partial charge in [-0.1, -0.05) is 31.4 Å². The minimum absolute atomic E-state index is 0.148. The Hall–Kier alpha value is -0.890. The molecule has 0 radical (unpaired) electrons. The molecule has 2 rings (SSSR count). The number of rotatable bonds is 2. The second-order valence-corrected chi connectivity index (χ2v) is 4.79. The van der Waals surface area contributed by atoms with Crippen LogP contribution in [0.4, 0.5) is 4.39 Å². The highest BCUT2D eigenvalue weighted by molar-refractivity contribution is 5.28. The zero-order chi connectivity index (χ0) is 11.5. The molecule has 1 nitrogen and oxygen atoms in total. The molecule has 1 atom stereocenters. The molecule has 0 saturated heterocycles. The van der Waals surface area contributed by atoms with E-state index >= 15 is 0 Å². The fourth-order valence-corrected chi connectivity index (χ4v) is 2.55. The van der Waals surface area contributed by atoms with Gasteiger partial charge in [-0.15, -0.1) is 0 Å². The van der Waals surface area contributed by atoms with Gasteiger partial charge < -0.3 is 5.11 Å². The lowest BCUT2D eigenvalue weighted by atomic mass is 9.83. The maximum absolute atomic E-state index is 13.9. The Labute approximate surface area is 96.3 Å². The third-order valence-corrected chi connectivity index (χ3v) is 3.55. The van der Waals surface area contributed by atoms with Gasteiger partial charge in [0.1, 0.15) is 5.82 Å². The Morgan fingerprint density at radius 1 is 1.25 bits per heavy atom. The summed E-state index contributed by atoms with van der Waals surface area (Å²) >= 11 is 0. The summed E-state index contributed by atoms with van der Waals surface area (Å²) in [6, 6.07) is 5.18. The SMILES string of the molecule is CC(O)c1ccc(C2CCCCC2)c(F)c1. The van der Waals surface area contributed by atoms with Crippen molar-refractivity contribution in [3.63, 3.8) is 0 Å². The van der Waals surface area contributed by atoms with Gasteiger partial charge in [-0.2, -0.15) is 0 Å². The van der Waals surface area contributed by atoms with Gasteiger partial charge in [0.15, 0.2) is 0 Å². The summed E-state index contributed by atoms with van der Waals surface area (Å²) in [4.78, 5) is 0. The summed E-state index contributed by atoms with van der Waals surface area (Å²) in [5.74, 6) is 0.238. The third-order valence-electron chi connectivity index (χ3n) is 3.55. The molecule has 2 heteroatoms. The maximum atomic E-state index is 13.9. The van der Waals surface area contributed by atoms with E-state index in [-0.39, 0.29) is 5.82 Å². The Kier molecular flexibility index (Phi) is 3.59. The van der Waals surface area contributed by atoms with Crippen LogP contribution in [0.2, 0.25) is 0 Å². The number of aliphatic hydroxyl groups excluding tert-OH is 1. The van der Waals surface area contributed by atoms with Gasteiger partial charge in [-0.25, -0.2) is 4.39 Å². The summed E-state index contributed by atoms with van der Waals surface area (Å²) in [7, 11) is 0. The second-order valence-electron chi connectivity index (χ2n) is 4.79. The van der Waals surface area contributed by atoms with Gasteiger partial charge in [-0.05, 0) is 42.9 Å². The van der Waals surface area contributed by atoms with E-state index in [1.54, 1.807) is 6.92 Å². The fourth-order valence-electron chi connectivity index (χ4n) is 2.55. The molecule has 1 aromatic rings. The van der Waals surface area contributed by atoms with Crippen molar-refractivity contribution in [2.45, 2.75) is 51.0 Å². The number of halogens is 1. The van der Waals surface area contributed by atoms with Crippen LogP contribution in [0.1, 0.15) is 62.2 Å². The molecule has 1 fully saturated rings. The van der Waals surface area contributed by atoms with Crippen LogP contribution in [0.25, 0.3) is 0 Å². The largest absolute Gasteiger partial charge is 0.389 e. The molecule has 0 amide bonds. The molecule has 1 aromatic carbocycles. The lowest BCUT2D eigenvalue weighted by Crippen LogP contribution is -2.07. The maximum Gasteiger partial charge on any atom is 0.127 e. The third kappa shape index (κ3) is 2.43. The fraction of sp³-hybridized carbons (Fsp3) is 0.571. The Morgan fingerprint density at radius 3 is 2.50 bits per heavy atom. The number of hydrogen-bond acceptors (Lipinski definition) is 1. The van der Waals surface area contributed by atoms with Crippen molar-refractivity contribution in [3.05, 3.63) is 35.1 Å². The first-order valence-electron chi connectivity index (χ1n) is 6.16. The van der Waals surface area contributed by atoms with Crippen LogP contribution in [0.3, 0.4) is 0 Å². The zero-order valence-electron chi connectivity index (χ0n) is 9.75. The molecule has 1 aliphatic rings. The second kappa shape index (κ2) is 4.96. The standard InChI is InChI=1S/C14H19FO/c1-10(16)12-7-8-13(14(15)9-12)11-5-3-2-4-6-11/h7-11,16H,2-6H2,1H3. The van der Waals surface area contributed by atoms with E-state index in [2.05, 4.69) is 0 Å². The lowest BCUT2D eigenvalue weighted by molar-refractivity contribution is 0.198. The molecule has 88 valence electrons. The molecular weight excluding hydrogens is 203 g/mol. The van der Waals surface area contributed by atoms with Crippen LogP contribution in [-0.2, 0) is 0 Å². The van der Waals surface area contributed by atoms with Gasteiger partial charge >= 0.3 is 0 Å². The summed E-state index contributed by atoms with van der Waals surface area (Å²) in [5.41, 5.74) is 1.50. The van der Waals surface area contributed by atoms with Crippen molar-refractivity contribution >= 4 is 0 Å². The first-order chi connectivity index (χ1) is 7.68. The van der Waals surface area contributed by atoms with Crippen molar-refractivity contribution in [3.8, 4) is 0 Å². The lowest BCUT2D eigenvalue weighted by Gasteiger charge is -2.22. The number of benzene rings is 1. The predicted octanol–water partition coefficient (Wildman–Crippen LogP) is 3.93. The van der Waals surface area contributed by atoms with E-state index in [9.17, 15) is 9.50 Å². The number of hydrogen-bond donors (Lipinski definition) is 1. The monoisotopic (exact) mass is 222 g/mol. The van der Waals surface area contributed by atoms with Crippen LogP contribution in [0.15, 0.2) is 18.2 Å². The van der Waals surface area contributed by atoms with E-state index < -0.39 is 6.10 Å². The van der Waals surface area contributed by atoms with Gasteiger partial charge in [0.05, 0.1) is 6.10 Å². The average Bonchev–Trinajstić information content (AvgIpc) is 2.30. The molecule has 1 N–H and O–H groups in total. The molecule has 1 aliphatic carbocycles. The molecular formula is C14H19FO. The molecule has 1 unspecified atom stereocenters. The first kappa shape index (κ1) is 11.6. The van der Waals surface area contributed by atoms with Crippen molar-refractivity contribution < 1.29 is 9.50 Å². The molecule has 0 heterocycles. The van der Waals surface area contributed by atoms with E-state index in [0.717, 1.165) is 18.4 Å². The minimum atomic E-state index is -0.588. The van der Waals surface area contributed by atoms with E-state index in [1.165, 1.54) is 25.3 Å². The van der Waals surface area contributed by atoms with Crippen molar-refractivity contribution in [1.82, 2.24) is 0 Å². The van der Waals surface area contributed by atoms with Crippen LogP contribution in [-0.4, -0.2) is 5.11 Å². The minimum Gasteiger partial charge on any atom is -0.389 e. The molecule has 0 spiro atoms. The van der Waals surface area contributed by atoms with Gasteiger partial charge in [0.2, 0.25) is 0 Å². The van der Waals surface area contributed by atoms with E-state index in [4.69, 9.17) is 0 Å². The van der Waals surface area contributed by atoms with Crippen LogP contribution >= 0.6 is 0 Å². The Morgan fingerprint density at radius 2 is 1.94 bits per heavy atom. The highest BCUT2D eigenvalue weighted by Crippen LogP contribution is 2.34. The highest BCUT2D eigenvalue weighted by Gasteiger charge is 2.19. The molecule has 16 heavy (non-hydrogen) atoms. The van der Waals surface area contributed by atoms with Crippen LogP contribution in [0, 0.1) is 5.82 Å². The zero-order valence-corrected chi connectivity index (χ0v) is 9.75. The summed E-state index contributed by atoms with van der Waals surface area (Å²) in [5, 5.41) is 9.38. The van der Waals surface area contributed by atoms with Gasteiger partial charge in [-0.3, -0.25) is 0 Å².